The molecular weight excluding hydrogens is 234 g/mol. The summed E-state index contributed by atoms with van der Waals surface area (Å²) in [6.45, 7) is 1.84. The van der Waals surface area contributed by atoms with Crippen LogP contribution in [0.25, 0.3) is 0 Å². The number of nitrogens with one attached hydrogen (secondary N) is 1. The summed E-state index contributed by atoms with van der Waals surface area (Å²) < 4.78 is 0. The number of rotatable bonds is 6. The molecule has 2 rings (SSSR count). The summed E-state index contributed by atoms with van der Waals surface area (Å²) in [7, 11) is 0. The second kappa shape index (κ2) is 6.95. The minimum Gasteiger partial charge on any atom is -0.393 e. The van der Waals surface area contributed by atoms with Gasteiger partial charge in [-0.05, 0) is 56.0 Å². The second-order valence-corrected chi connectivity index (χ2v) is 4.93. The largest absolute Gasteiger partial charge is 0.393 e. The zero-order chi connectivity index (χ0) is 13.5. The van der Waals surface area contributed by atoms with Gasteiger partial charge in [-0.25, -0.2) is 0 Å². The molecule has 0 aliphatic carbocycles. The normalized spacial score (nSPS) is 12.1. The summed E-state index contributed by atoms with van der Waals surface area (Å²) in [6, 6.07) is 18.7. The van der Waals surface area contributed by atoms with Gasteiger partial charge in [0, 0.05) is 11.4 Å². The van der Waals surface area contributed by atoms with E-state index in [0.717, 1.165) is 30.6 Å². The van der Waals surface area contributed by atoms with Crippen molar-refractivity contribution >= 4 is 11.4 Å². The van der Waals surface area contributed by atoms with Gasteiger partial charge in [0.2, 0.25) is 0 Å². The average molecular weight is 255 g/mol. The van der Waals surface area contributed by atoms with Gasteiger partial charge in [0.1, 0.15) is 0 Å². The maximum Gasteiger partial charge on any atom is 0.0512 e. The first-order valence-corrected chi connectivity index (χ1v) is 6.83. The van der Waals surface area contributed by atoms with Crippen LogP contribution in [-0.4, -0.2) is 11.2 Å². The Morgan fingerprint density at radius 3 is 2.21 bits per heavy atom. The predicted molar refractivity (Wildman–Crippen MR) is 80.8 cm³/mol. The predicted octanol–water partition coefficient (Wildman–Crippen LogP) is 4.13. The monoisotopic (exact) mass is 255 g/mol. The second-order valence-electron chi connectivity index (χ2n) is 4.93. The summed E-state index contributed by atoms with van der Waals surface area (Å²) in [5, 5.41) is 12.6. The number of hydrogen-bond donors (Lipinski definition) is 2. The van der Waals surface area contributed by atoms with Crippen LogP contribution < -0.4 is 5.32 Å². The summed E-state index contributed by atoms with van der Waals surface area (Å²) in [5.41, 5.74) is 3.52. The van der Waals surface area contributed by atoms with Gasteiger partial charge < -0.3 is 10.4 Å². The van der Waals surface area contributed by atoms with E-state index in [1.54, 1.807) is 0 Å². The van der Waals surface area contributed by atoms with Crippen molar-refractivity contribution < 1.29 is 5.11 Å². The number of hydrogen-bond acceptors (Lipinski definition) is 2. The van der Waals surface area contributed by atoms with Crippen LogP contribution in [-0.2, 0) is 6.42 Å². The van der Waals surface area contributed by atoms with Gasteiger partial charge in [0.25, 0.3) is 0 Å². The summed E-state index contributed by atoms with van der Waals surface area (Å²) in [5.74, 6) is 0. The van der Waals surface area contributed by atoms with Crippen molar-refractivity contribution in [1.82, 2.24) is 0 Å². The Labute approximate surface area is 115 Å². The Morgan fingerprint density at radius 2 is 1.58 bits per heavy atom. The maximum absolute atomic E-state index is 9.23. The fourth-order valence-electron chi connectivity index (χ4n) is 2.04. The standard InChI is InChI=1S/C17H21NO/c1-14(19)6-5-7-15-10-12-17(13-11-15)18-16-8-3-2-4-9-16/h2-4,8-14,18-19H,5-7H2,1H3. The van der Waals surface area contributed by atoms with Crippen molar-refractivity contribution in [2.45, 2.75) is 32.3 Å². The Hall–Kier alpha value is -1.80. The summed E-state index contributed by atoms with van der Waals surface area (Å²) >= 11 is 0. The molecule has 0 saturated carbocycles. The van der Waals surface area contributed by atoms with Crippen molar-refractivity contribution in [3.63, 3.8) is 0 Å². The van der Waals surface area contributed by atoms with Crippen LogP contribution in [0.2, 0.25) is 0 Å². The van der Waals surface area contributed by atoms with Crippen molar-refractivity contribution in [3.05, 3.63) is 60.2 Å². The van der Waals surface area contributed by atoms with E-state index >= 15 is 0 Å². The van der Waals surface area contributed by atoms with Crippen molar-refractivity contribution in [1.29, 1.82) is 0 Å². The number of aliphatic hydroxyl groups is 1. The van der Waals surface area contributed by atoms with Crippen LogP contribution in [0.1, 0.15) is 25.3 Å². The first-order chi connectivity index (χ1) is 9.24. The number of aryl methyl sites for hydroxylation is 1. The smallest absolute Gasteiger partial charge is 0.0512 e. The molecule has 1 unspecified atom stereocenters. The fraction of sp³-hybridized carbons (Fsp3) is 0.294. The molecule has 2 nitrogen and oxygen atoms in total. The lowest BCUT2D eigenvalue weighted by Gasteiger charge is -2.08. The lowest BCUT2D eigenvalue weighted by atomic mass is 10.1. The van der Waals surface area contributed by atoms with Crippen LogP contribution in [0, 0.1) is 0 Å². The molecule has 100 valence electrons. The van der Waals surface area contributed by atoms with E-state index in [2.05, 4.69) is 41.7 Å². The molecule has 0 heterocycles. The molecule has 0 aliphatic rings. The van der Waals surface area contributed by atoms with Crippen molar-refractivity contribution in [2.24, 2.45) is 0 Å². The maximum atomic E-state index is 9.23. The molecule has 0 fully saturated rings. The Kier molecular flexibility index (Phi) is 4.99. The number of benzene rings is 2. The third-order valence-corrected chi connectivity index (χ3v) is 3.10. The summed E-state index contributed by atoms with van der Waals surface area (Å²) in [6.07, 6.45) is 2.72. The Morgan fingerprint density at radius 1 is 0.947 bits per heavy atom. The van der Waals surface area contributed by atoms with Crippen molar-refractivity contribution in [3.8, 4) is 0 Å². The zero-order valence-corrected chi connectivity index (χ0v) is 11.3. The molecule has 2 N–H and O–H groups in total. The molecule has 0 aromatic heterocycles. The van der Waals surface area contributed by atoms with Crippen LogP contribution in [0.15, 0.2) is 54.6 Å². The van der Waals surface area contributed by atoms with E-state index in [-0.39, 0.29) is 6.10 Å². The summed E-state index contributed by atoms with van der Waals surface area (Å²) in [4.78, 5) is 0. The Bertz CT molecular complexity index is 476. The van der Waals surface area contributed by atoms with E-state index in [1.165, 1.54) is 5.56 Å². The zero-order valence-electron chi connectivity index (χ0n) is 11.3. The van der Waals surface area contributed by atoms with Gasteiger partial charge in [0.05, 0.1) is 6.10 Å². The van der Waals surface area contributed by atoms with Gasteiger partial charge in [-0.15, -0.1) is 0 Å². The van der Waals surface area contributed by atoms with E-state index in [1.807, 2.05) is 25.1 Å². The van der Waals surface area contributed by atoms with Gasteiger partial charge in [0.15, 0.2) is 0 Å². The van der Waals surface area contributed by atoms with Crippen LogP contribution in [0.5, 0.6) is 0 Å². The first kappa shape index (κ1) is 13.6. The molecule has 0 amide bonds. The van der Waals surface area contributed by atoms with Gasteiger partial charge >= 0.3 is 0 Å². The fourth-order valence-corrected chi connectivity index (χ4v) is 2.04. The Balaban J connectivity index is 1.88. The molecule has 0 saturated heterocycles. The number of anilines is 2. The van der Waals surface area contributed by atoms with Gasteiger partial charge in [-0.3, -0.25) is 0 Å². The average Bonchev–Trinajstić information content (AvgIpc) is 2.42. The molecule has 0 bridgehead atoms. The third kappa shape index (κ3) is 4.76. The van der Waals surface area contributed by atoms with E-state index in [4.69, 9.17) is 0 Å². The molecule has 0 aliphatic heterocycles. The SMILES string of the molecule is CC(O)CCCc1ccc(Nc2ccccc2)cc1. The molecular formula is C17H21NO. The highest BCUT2D eigenvalue weighted by Crippen LogP contribution is 2.17. The highest BCUT2D eigenvalue weighted by molar-refractivity contribution is 5.59. The highest BCUT2D eigenvalue weighted by Gasteiger charge is 1.98. The van der Waals surface area contributed by atoms with E-state index in [9.17, 15) is 5.11 Å². The number of aliphatic hydroxyl groups excluding tert-OH is 1. The van der Waals surface area contributed by atoms with E-state index in [0.29, 0.717) is 0 Å². The lowest BCUT2D eigenvalue weighted by molar-refractivity contribution is 0.182. The topological polar surface area (TPSA) is 32.3 Å². The van der Waals surface area contributed by atoms with Gasteiger partial charge in [-0.1, -0.05) is 30.3 Å². The molecule has 0 radical (unpaired) electrons. The molecule has 1 atom stereocenters. The number of para-hydroxylation sites is 1. The quantitative estimate of drug-likeness (QED) is 0.813. The minimum absolute atomic E-state index is 0.195. The van der Waals surface area contributed by atoms with Crippen LogP contribution in [0.4, 0.5) is 11.4 Å². The molecule has 19 heavy (non-hydrogen) atoms. The molecule has 2 aromatic rings. The van der Waals surface area contributed by atoms with Crippen molar-refractivity contribution in [2.75, 3.05) is 5.32 Å². The lowest BCUT2D eigenvalue weighted by Crippen LogP contribution is -1.99. The molecule has 2 heteroatoms. The first-order valence-electron chi connectivity index (χ1n) is 6.83. The van der Waals surface area contributed by atoms with Crippen LogP contribution in [0.3, 0.4) is 0 Å². The van der Waals surface area contributed by atoms with Crippen LogP contribution >= 0.6 is 0 Å². The molecule has 2 aromatic carbocycles. The minimum atomic E-state index is -0.195. The van der Waals surface area contributed by atoms with E-state index < -0.39 is 0 Å². The third-order valence-electron chi connectivity index (χ3n) is 3.10. The highest BCUT2D eigenvalue weighted by atomic mass is 16.3. The van der Waals surface area contributed by atoms with Gasteiger partial charge in [-0.2, -0.15) is 0 Å². The molecule has 0 spiro atoms.